The first-order valence-corrected chi connectivity index (χ1v) is 11.9. The summed E-state index contributed by atoms with van der Waals surface area (Å²) in [6.07, 6.45) is -4.34. The Bertz CT molecular complexity index is 1000. The number of carbonyl (C=O) groups excluding carboxylic acids is 4. The summed E-state index contributed by atoms with van der Waals surface area (Å²) in [5.41, 5.74) is -4.92. The van der Waals surface area contributed by atoms with E-state index in [0.29, 0.717) is 12.0 Å². The largest absolute Gasteiger partial charge is 0.461 e. The first-order valence-electron chi connectivity index (χ1n) is 11.9. The lowest BCUT2D eigenvalue weighted by molar-refractivity contribution is -0.345. The minimum Gasteiger partial charge on any atom is -0.461 e. The second kappa shape index (κ2) is 8.11. The predicted molar refractivity (Wildman–Crippen MR) is 119 cm³/mol. The van der Waals surface area contributed by atoms with Crippen molar-refractivity contribution in [3.63, 3.8) is 0 Å². The van der Waals surface area contributed by atoms with E-state index in [2.05, 4.69) is 0 Å². The third kappa shape index (κ3) is 3.25. The molecule has 8 atom stereocenters. The maximum Gasteiger partial charge on any atom is 0.303 e. The number of hydrogen-bond donors (Lipinski definition) is 2. The number of ketones is 1. The number of fused-ring (bicyclic) bond motifs is 5. The van der Waals surface area contributed by atoms with Gasteiger partial charge in [0.05, 0.1) is 24.0 Å². The molecular weight excluding hydrogens is 460 g/mol. The quantitative estimate of drug-likeness (QED) is 0.251. The van der Waals surface area contributed by atoms with E-state index < -0.39 is 70.1 Å². The first-order chi connectivity index (χ1) is 16.2. The molecule has 0 aromatic rings. The number of ether oxygens (including phenoxy) is 4. The summed E-state index contributed by atoms with van der Waals surface area (Å²) >= 11 is 0. The molecule has 3 fully saturated rings. The zero-order valence-electron chi connectivity index (χ0n) is 21.0. The van der Waals surface area contributed by atoms with E-state index in [9.17, 15) is 29.4 Å². The minimum atomic E-state index is -1.75. The molecule has 0 spiro atoms. The van der Waals surface area contributed by atoms with E-state index in [-0.39, 0.29) is 25.9 Å². The van der Waals surface area contributed by atoms with Gasteiger partial charge in [-0.1, -0.05) is 19.4 Å². The van der Waals surface area contributed by atoms with Crippen LogP contribution in [0.2, 0.25) is 0 Å². The van der Waals surface area contributed by atoms with E-state index in [0.717, 1.165) is 5.57 Å². The molecule has 35 heavy (non-hydrogen) atoms. The summed E-state index contributed by atoms with van der Waals surface area (Å²) in [6.45, 7) is 9.24. The van der Waals surface area contributed by atoms with Crippen molar-refractivity contribution in [2.24, 2.45) is 16.7 Å². The van der Waals surface area contributed by atoms with Crippen molar-refractivity contribution in [1.82, 2.24) is 0 Å². The molecule has 3 aliphatic carbocycles. The van der Waals surface area contributed by atoms with Crippen molar-refractivity contribution in [3.05, 3.63) is 11.1 Å². The van der Waals surface area contributed by atoms with Crippen molar-refractivity contribution in [3.8, 4) is 0 Å². The number of allylic oxidation sites excluding steroid dienone is 1. The lowest BCUT2D eigenvalue weighted by Gasteiger charge is -2.67. The summed E-state index contributed by atoms with van der Waals surface area (Å²) in [7, 11) is 0. The molecular formula is C25H34O10. The number of rotatable bonds is 4. The molecule has 4 rings (SSSR count). The smallest absolute Gasteiger partial charge is 0.303 e. The van der Waals surface area contributed by atoms with Crippen LogP contribution in [0.4, 0.5) is 0 Å². The standard InChI is InChI=1S/C25H34O10/c1-12-7-8-25(31)21(33-11-26)19-23(6,15(29)9-16-24(19,10-32-16)35-14(3)28)20(30)18(34-13(2)27)17(12)22(25,4)5/h11,15-16,18-19,21,29,31H,7-10H2,1-6H3/t15-,16+,18+,19?,21-,23+,24-,25+/m0/s1. The third-order valence-electron chi connectivity index (χ3n) is 9.08. The van der Waals surface area contributed by atoms with Gasteiger partial charge in [0.15, 0.2) is 17.5 Å². The molecule has 1 unspecified atom stereocenters. The second-order valence-electron chi connectivity index (χ2n) is 11.1. The fourth-order valence-corrected chi connectivity index (χ4v) is 7.26. The van der Waals surface area contributed by atoms with E-state index >= 15 is 0 Å². The molecule has 2 saturated carbocycles. The van der Waals surface area contributed by atoms with Gasteiger partial charge >= 0.3 is 11.9 Å². The van der Waals surface area contributed by atoms with Gasteiger partial charge in [0.25, 0.3) is 6.47 Å². The highest BCUT2D eigenvalue weighted by Gasteiger charge is 2.77. The molecule has 1 aliphatic heterocycles. The third-order valence-corrected chi connectivity index (χ3v) is 9.08. The highest BCUT2D eigenvalue weighted by Crippen LogP contribution is 2.64. The van der Waals surface area contributed by atoms with Gasteiger partial charge in [0, 0.05) is 25.7 Å². The van der Waals surface area contributed by atoms with Crippen LogP contribution in [0, 0.1) is 16.7 Å². The van der Waals surface area contributed by atoms with Crippen LogP contribution >= 0.6 is 0 Å². The first kappa shape index (κ1) is 25.8. The summed E-state index contributed by atoms with van der Waals surface area (Å²) in [5, 5.41) is 23.7. The van der Waals surface area contributed by atoms with E-state index in [1.807, 2.05) is 6.92 Å². The van der Waals surface area contributed by atoms with Gasteiger partial charge in [0.2, 0.25) is 0 Å². The molecule has 0 aromatic carbocycles. The molecule has 10 nitrogen and oxygen atoms in total. The van der Waals surface area contributed by atoms with Crippen molar-refractivity contribution in [2.75, 3.05) is 6.61 Å². The lowest BCUT2D eigenvalue weighted by atomic mass is 9.45. The zero-order chi connectivity index (χ0) is 26.1. The number of aliphatic hydroxyl groups is 2. The predicted octanol–water partition coefficient (Wildman–Crippen LogP) is 0.998. The molecule has 0 aromatic heterocycles. The lowest BCUT2D eigenvalue weighted by Crippen LogP contribution is -2.81. The number of Topliss-reactive ketones (excluding diaryl/α,β-unsaturated/α-hetero) is 1. The van der Waals surface area contributed by atoms with Gasteiger partial charge in [-0.3, -0.25) is 19.2 Å². The SMILES string of the molecule is CC(=O)O[C@H]1C(=O)[C@@]2(C)C([C@H](OC=O)[C@]3(O)CCC(C)=C1C3(C)C)[C@]1(OC(C)=O)CO[C@@H]1C[C@@H]2O. The van der Waals surface area contributed by atoms with Crippen LogP contribution in [0.15, 0.2) is 11.1 Å². The van der Waals surface area contributed by atoms with Gasteiger partial charge in [0.1, 0.15) is 17.8 Å². The Morgan fingerprint density at radius 3 is 2.34 bits per heavy atom. The van der Waals surface area contributed by atoms with E-state index in [4.69, 9.17) is 18.9 Å². The highest BCUT2D eigenvalue weighted by atomic mass is 16.6. The van der Waals surface area contributed by atoms with E-state index in [1.54, 1.807) is 13.8 Å². The van der Waals surface area contributed by atoms with Gasteiger partial charge in [-0.15, -0.1) is 0 Å². The summed E-state index contributed by atoms with van der Waals surface area (Å²) in [6, 6.07) is 0. The Morgan fingerprint density at radius 2 is 1.83 bits per heavy atom. The van der Waals surface area contributed by atoms with Crippen LogP contribution in [0.3, 0.4) is 0 Å². The maximum absolute atomic E-state index is 14.4. The van der Waals surface area contributed by atoms with Crippen LogP contribution in [-0.2, 0) is 38.1 Å². The van der Waals surface area contributed by atoms with Gasteiger partial charge in [-0.2, -0.15) is 0 Å². The molecule has 2 bridgehead atoms. The summed E-state index contributed by atoms with van der Waals surface area (Å²) in [4.78, 5) is 50.7. The fraction of sp³-hybridized carbons (Fsp3) is 0.760. The Kier molecular flexibility index (Phi) is 5.97. The van der Waals surface area contributed by atoms with Crippen molar-refractivity contribution >= 4 is 24.2 Å². The molecule has 10 heteroatoms. The molecule has 1 saturated heterocycles. The van der Waals surface area contributed by atoms with Gasteiger partial charge < -0.3 is 29.2 Å². The van der Waals surface area contributed by atoms with Gasteiger partial charge in [-0.25, -0.2) is 0 Å². The van der Waals surface area contributed by atoms with Crippen molar-refractivity contribution in [2.45, 2.75) is 96.4 Å². The molecule has 194 valence electrons. The van der Waals surface area contributed by atoms with Crippen LogP contribution in [0.1, 0.15) is 60.8 Å². The Hall–Kier alpha value is -2.30. The van der Waals surface area contributed by atoms with Crippen LogP contribution in [0.5, 0.6) is 0 Å². The normalized spacial score (nSPS) is 44.0. The second-order valence-corrected chi connectivity index (χ2v) is 11.1. The van der Waals surface area contributed by atoms with Crippen LogP contribution in [-0.4, -0.2) is 76.6 Å². The Balaban J connectivity index is 2.07. The fourth-order valence-electron chi connectivity index (χ4n) is 7.26. The summed E-state index contributed by atoms with van der Waals surface area (Å²) in [5.74, 6) is -3.12. The molecule has 1 heterocycles. The highest BCUT2D eigenvalue weighted by molar-refractivity contribution is 5.95. The van der Waals surface area contributed by atoms with Gasteiger partial charge in [-0.05, 0) is 32.3 Å². The van der Waals surface area contributed by atoms with Crippen LogP contribution < -0.4 is 0 Å². The zero-order valence-corrected chi connectivity index (χ0v) is 21.0. The minimum absolute atomic E-state index is 0.0352. The van der Waals surface area contributed by atoms with Crippen molar-refractivity contribution in [1.29, 1.82) is 0 Å². The molecule has 2 N–H and O–H groups in total. The number of aliphatic hydroxyl groups excluding tert-OH is 1. The molecule has 0 amide bonds. The molecule has 4 aliphatic rings. The van der Waals surface area contributed by atoms with Crippen LogP contribution in [0.25, 0.3) is 0 Å². The van der Waals surface area contributed by atoms with E-state index in [1.165, 1.54) is 20.8 Å². The Labute approximate surface area is 203 Å². The Morgan fingerprint density at radius 1 is 1.17 bits per heavy atom. The average molecular weight is 495 g/mol. The number of esters is 2. The average Bonchev–Trinajstić information content (AvgIpc) is 2.74. The monoisotopic (exact) mass is 494 g/mol. The summed E-state index contributed by atoms with van der Waals surface area (Å²) < 4.78 is 22.7. The topological polar surface area (TPSA) is 146 Å². The number of hydrogen-bond acceptors (Lipinski definition) is 10. The maximum atomic E-state index is 14.4. The number of carbonyl (C=O) groups is 4. The van der Waals surface area contributed by atoms with Crippen molar-refractivity contribution < 1.29 is 48.3 Å². The molecule has 0 radical (unpaired) electrons.